The van der Waals surface area contributed by atoms with E-state index in [-0.39, 0.29) is 27.4 Å². The first-order valence-corrected chi connectivity index (χ1v) is 11.4. The molecule has 9 nitrogen and oxygen atoms in total. The number of imidazole rings is 1. The minimum Gasteiger partial charge on any atom is -0.364 e. The largest absolute Gasteiger partial charge is 0.364 e. The Morgan fingerprint density at radius 1 is 1.11 bits per heavy atom. The number of rotatable bonds is 9. The molecule has 190 valence electrons. The lowest BCUT2D eigenvalue weighted by Gasteiger charge is -2.34. The zero-order valence-corrected chi connectivity index (χ0v) is 21.2. The molecule has 11 heteroatoms. The van der Waals surface area contributed by atoms with Crippen molar-refractivity contribution in [2.24, 2.45) is 11.1 Å². The first-order chi connectivity index (χ1) is 16.9. The molecule has 0 aliphatic heterocycles. The highest BCUT2D eigenvalue weighted by Gasteiger charge is 2.30. The molecule has 0 spiro atoms. The molecule has 3 amide bonds. The number of aromatic nitrogens is 2. The minimum atomic E-state index is -0.791. The van der Waals surface area contributed by atoms with Gasteiger partial charge in [0.15, 0.2) is 5.69 Å². The Labute approximate surface area is 213 Å². The second-order valence-electron chi connectivity index (χ2n) is 9.41. The average molecular weight is 515 g/mol. The summed E-state index contributed by atoms with van der Waals surface area (Å²) in [7, 11) is 3.88. The maximum Gasteiger partial charge on any atom is 0.279 e. The van der Waals surface area contributed by atoms with Gasteiger partial charge in [-0.15, -0.1) is 0 Å². The number of anilines is 2. The van der Waals surface area contributed by atoms with Crippen LogP contribution < -0.4 is 16.0 Å². The summed E-state index contributed by atoms with van der Waals surface area (Å²) in [5.41, 5.74) is 6.03. The summed E-state index contributed by atoms with van der Waals surface area (Å²) in [5.74, 6) is -2.33. The Morgan fingerprint density at radius 2 is 1.78 bits per heavy atom. The Hall–Kier alpha value is -3.76. The summed E-state index contributed by atoms with van der Waals surface area (Å²) < 4.78 is 13.3. The van der Waals surface area contributed by atoms with Crippen molar-refractivity contribution < 1.29 is 18.8 Å². The van der Waals surface area contributed by atoms with Crippen molar-refractivity contribution in [2.45, 2.75) is 13.8 Å². The SMILES string of the molecule is CN(C)CC(C)(C)CN(C(=O)c1nc[nH]c1C(N)=O)c1ccc(NC(=O)c2ccc(F)cc2Cl)cc1. The summed E-state index contributed by atoms with van der Waals surface area (Å²) in [6.07, 6.45) is 1.25. The van der Waals surface area contributed by atoms with Crippen molar-refractivity contribution in [3.63, 3.8) is 0 Å². The fraction of sp³-hybridized carbons (Fsp3) is 0.280. The van der Waals surface area contributed by atoms with E-state index >= 15 is 0 Å². The van der Waals surface area contributed by atoms with Crippen LogP contribution in [0.3, 0.4) is 0 Å². The van der Waals surface area contributed by atoms with Crippen molar-refractivity contribution in [3.8, 4) is 0 Å². The third-order valence-corrected chi connectivity index (χ3v) is 5.59. The number of primary amides is 1. The van der Waals surface area contributed by atoms with Gasteiger partial charge in [0.2, 0.25) is 0 Å². The molecule has 4 N–H and O–H groups in total. The van der Waals surface area contributed by atoms with Gasteiger partial charge in [0.25, 0.3) is 17.7 Å². The lowest BCUT2D eigenvalue weighted by molar-refractivity contribution is 0.0945. The number of carbonyl (C=O) groups is 3. The Kier molecular flexibility index (Phi) is 8.11. The van der Waals surface area contributed by atoms with Crippen molar-refractivity contribution >= 4 is 40.7 Å². The van der Waals surface area contributed by atoms with Crippen LogP contribution in [0.5, 0.6) is 0 Å². The Morgan fingerprint density at radius 3 is 2.36 bits per heavy atom. The summed E-state index contributed by atoms with van der Waals surface area (Å²) in [5, 5.41) is 2.70. The topological polar surface area (TPSA) is 124 Å². The fourth-order valence-electron chi connectivity index (χ4n) is 3.98. The molecule has 0 aliphatic carbocycles. The second-order valence-corrected chi connectivity index (χ2v) is 9.82. The Bertz CT molecular complexity index is 1270. The van der Waals surface area contributed by atoms with E-state index in [0.717, 1.165) is 12.1 Å². The molecular weight excluding hydrogens is 487 g/mol. The number of carbonyl (C=O) groups excluding carboxylic acids is 3. The number of aromatic amines is 1. The van der Waals surface area contributed by atoms with Gasteiger partial charge in [-0.2, -0.15) is 0 Å². The van der Waals surface area contributed by atoms with Crippen LogP contribution >= 0.6 is 11.6 Å². The molecule has 0 radical (unpaired) electrons. The second kappa shape index (κ2) is 10.9. The monoisotopic (exact) mass is 514 g/mol. The van der Waals surface area contributed by atoms with E-state index < -0.39 is 23.5 Å². The van der Waals surface area contributed by atoms with Crippen LogP contribution in [0.2, 0.25) is 5.02 Å². The highest BCUT2D eigenvalue weighted by molar-refractivity contribution is 6.34. The van der Waals surface area contributed by atoms with Gasteiger partial charge in [-0.1, -0.05) is 25.4 Å². The van der Waals surface area contributed by atoms with Gasteiger partial charge in [0.1, 0.15) is 11.5 Å². The van der Waals surface area contributed by atoms with Gasteiger partial charge >= 0.3 is 0 Å². The number of hydrogen-bond acceptors (Lipinski definition) is 5. The lowest BCUT2D eigenvalue weighted by Crippen LogP contribution is -2.43. The molecule has 0 fully saturated rings. The first kappa shape index (κ1) is 26.8. The van der Waals surface area contributed by atoms with E-state index in [1.54, 1.807) is 24.3 Å². The van der Waals surface area contributed by atoms with Crippen LogP contribution in [0.25, 0.3) is 0 Å². The minimum absolute atomic E-state index is 0.00623. The van der Waals surface area contributed by atoms with Crippen LogP contribution in [0.1, 0.15) is 45.2 Å². The van der Waals surface area contributed by atoms with E-state index in [1.807, 2.05) is 32.8 Å². The smallest absolute Gasteiger partial charge is 0.279 e. The molecule has 1 aromatic heterocycles. The Balaban J connectivity index is 1.90. The molecule has 0 bridgehead atoms. The zero-order valence-electron chi connectivity index (χ0n) is 20.4. The van der Waals surface area contributed by atoms with Gasteiger partial charge in [-0.05, 0) is 62.0 Å². The molecular formula is C25H28ClFN6O3. The van der Waals surface area contributed by atoms with Gasteiger partial charge in [-0.25, -0.2) is 9.37 Å². The summed E-state index contributed by atoms with van der Waals surface area (Å²) in [6, 6.07) is 10.1. The first-order valence-electron chi connectivity index (χ1n) is 11.0. The summed E-state index contributed by atoms with van der Waals surface area (Å²) in [4.78, 5) is 48.1. The van der Waals surface area contributed by atoms with Crippen molar-refractivity contribution in [1.82, 2.24) is 14.9 Å². The fourth-order valence-corrected chi connectivity index (χ4v) is 4.24. The summed E-state index contributed by atoms with van der Waals surface area (Å²) in [6.45, 7) is 5.04. The van der Waals surface area contributed by atoms with Gasteiger partial charge < -0.3 is 25.8 Å². The number of H-pyrrole nitrogens is 1. The van der Waals surface area contributed by atoms with E-state index in [9.17, 15) is 18.8 Å². The number of nitrogens with two attached hydrogens (primary N) is 1. The highest BCUT2D eigenvalue weighted by Crippen LogP contribution is 2.27. The molecule has 2 aromatic carbocycles. The maximum atomic E-state index is 13.5. The van der Waals surface area contributed by atoms with Gasteiger partial charge in [-0.3, -0.25) is 14.4 Å². The van der Waals surface area contributed by atoms with Crippen molar-refractivity contribution in [2.75, 3.05) is 37.4 Å². The molecule has 0 saturated carbocycles. The normalized spacial score (nSPS) is 11.4. The molecule has 0 saturated heterocycles. The highest BCUT2D eigenvalue weighted by atomic mass is 35.5. The number of amides is 3. The van der Waals surface area contributed by atoms with E-state index in [2.05, 4.69) is 15.3 Å². The zero-order chi connectivity index (χ0) is 26.6. The van der Waals surface area contributed by atoms with Gasteiger partial charge in [0, 0.05) is 24.5 Å². The predicted octanol–water partition coefficient (Wildman–Crippen LogP) is 3.79. The van der Waals surface area contributed by atoms with Crippen LogP contribution in [0.4, 0.5) is 15.8 Å². The molecule has 36 heavy (non-hydrogen) atoms. The van der Waals surface area contributed by atoms with Crippen LogP contribution in [-0.4, -0.2) is 59.8 Å². The van der Waals surface area contributed by atoms with E-state index in [0.29, 0.717) is 24.5 Å². The number of halogens is 2. The van der Waals surface area contributed by atoms with Crippen LogP contribution in [0.15, 0.2) is 48.8 Å². The molecule has 3 rings (SSSR count). The average Bonchev–Trinajstić information content (AvgIpc) is 3.27. The molecule has 0 atom stereocenters. The van der Waals surface area contributed by atoms with Gasteiger partial charge in [0.05, 0.1) is 16.9 Å². The third-order valence-electron chi connectivity index (χ3n) is 5.28. The molecule has 0 aliphatic rings. The van der Waals surface area contributed by atoms with Crippen molar-refractivity contribution in [3.05, 3.63) is 76.6 Å². The lowest BCUT2D eigenvalue weighted by atomic mass is 9.91. The predicted molar refractivity (Wildman–Crippen MR) is 137 cm³/mol. The maximum absolute atomic E-state index is 13.5. The number of hydrogen-bond donors (Lipinski definition) is 3. The standard InChI is InChI=1S/C25H28ClFN6O3/c1-25(2,12-32(3)4)13-33(24(36)21-20(22(28)34)29-14-30-21)17-8-6-16(7-9-17)31-23(35)18-10-5-15(27)11-19(18)26/h5-11,14H,12-13H2,1-4H3,(H2,28,34)(H,29,30)(H,31,35). The van der Waals surface area contributed by atoms with E-state index in [4.69, 9.17) is 17.3 Å². The summed E-state index contributed by atoms with van der Waals surface area (Å²) >= 11 is 5.98. The van der Waals surface area contributed by atoms with E-state index in [1.165, 1.54) is 17.3 Å². The number of nitrogens with one attached hydrogen (secondary N) is 2. The number of benzene rings is 2. The van der Waals surface area contributed by atoms with Crippen LogP contribution in [0, 0.1) is 11.2 Å². The quantitative estimate of drug-likeness (QED) is 0.401. The number of nitrogens with zero attached hydrogens (tertiary/aromatic N) is 3. The molecule has 1 heterocycles. The molecule has 3 aromatic rings. The third kappa shape index (κ3) is 6.46. The molecule has 0 unspecified atom stereocenters. The van der Waals surface area contributed by atoms with Crippen LogP contribution in [-0.2, 0) is 0 Å². The van der Waals surface area contributed by atoms with Crippen molar-refractivity contribution in [1.29, 1.82) is 0 Å².